The first kappa shape index (κ1) is 18.9. The molecule has 3 heterocycles. The quantitative estimate of drug-likeness (QED) is 0.844. The van der Waals surface area contributed by atoms with E-state index in [1.807, 2.05) is 11.8 Å². The molecule has 1 amide bonds. The first-order chi connectivity index (χ1) is 12.3. The van der Waals surface area contributed by atoms with Gasteiger partial charge in [-0.2, -0.15) is 4.98 Å². The molecule has 0 unspecified atom stereocenters. The van der Waals surface area contributed by atoms with Gasteiger partial charge in [-0.25, -0.2) is 4.98 Å². The third kappa shape index (κ3) is 3.63. The highest BCUT2D eigenvalue weighted by Gasteiger charge is 2.46. The fourth-order valence-corrected chi connectivity index (χ4v) is 4.29. The summed E-state index contributed by atoms with van der Waals surface area (Å²) in [6.07, 6.45) is 4.47. The van der Waals surface area contributed by atoms with Crippen LogP contribution in [0.5, 0.6) is 0 Å². The van der Waals surface area contributed by atoms with Crippen molar-refractivity contribution in [1.29, 1.82) is 0 Å². The van der Waals surface area contributed by atoms with Gasteiger partial charge >= 0.3 is 0 Å². The monoisotopic (exact) mass is 361 g/mol. The van der Waals surface area contributed by atoms with Gasteiger partial charge in [0.2, 0.25) is 11.9 Å². The van der Waals surface area contributed by atoms with Gasteiger partial charge in [0.25, 0.3) is 0 Å². The van der Waals surface area contributed by atoms with Crippen LogP contribution in [0.3, 0.4) is 0 Å². The summed E-state index contributed by atoms with van der Waals surface area (Å²) in [5, 5.41) is 11.1. The number of unbranched alkanes of at least 4 members (excludes halogenated alkanes) is 1. The molecule has 0 bridgehead atoms. The highest BCUT2D eigenvalue weighted by atomic mass is 16.3. The Labute approximate surface area is 155 Å². The zero-order valence-electron chi connectivity index (χ0n) is 16.2. The summed E-state index contributed by atoms with van der Waals surface area (Å²) >= 11 is 0. The molecule has 0 aromatic carbocycles. The van der Waals surface area contributed by atoms with Crippen LogP contribution >= 0.6 is 0 Å². The second kappa shape index (κ2) is 7.39. The molecule has 7 nitrogen and oxygen atoms in total. The van der Waals surface area contributed by atoms with Crippen molar-refractivity contribution in [3.63, 3.8) is 0 Å². The Morgan fingerprint density at radius 2 is 2.04 bits per heavy atom. The van der Waals surface area contributed by atoms with Crippen molar-refractivity contribution >= 4 is 17.7 Å². The predicted octanol–water partition coefficient (Wildman–Crippen LogP) is 1.52. The summed E-state index contributed by atoms with van der Waals surface area (Å²) in [4.78, 5) is 24.8. The standard InChI is InChI=1S/C19H31N5O2/c1-4-5-6-16-13(2)21-18(20)22-17(16)24-10-8-19(26)7-9-23(14(3)25)11-15(19)12-24/h15,26H,4-12H2,1-3H3,(H2,20,21,22)/t15-,19-/m0/s1. The van der Waals surface area contributed by atoms with E-state index in [-0.39, 0.29) is 11.8 Å². The number of carbonyl (C=O) groups excluding carboxylic acids is 1. The van der Waals surface area contributed by atoms with Gasteiger partial charge in [-0.15, -0.1) is 0 Å². The predicted molar refractivity (Wildman–Crippen MR) is 102 cm³/mol. The van der Waals surface area contributed by atoms with E-state index in [2.05, 4.69) is 21.8 Å². The van der Waals surface area contributed by atoms with Crippen LogP contribution in [0.4, 0.5) is 11.8 Å². The van der Waals surface area contributed by atoms with Crippen LogP contribution in [0.2, 0.25) is 0 Å². The highest BCUT2D eigenvalue weighted by molar-refractivity contribution is 5.73. The SMILES string of the molecule is CCCCc1c(C)nc(N)nc1N1CC[C@@]2(O)CCN(C(C)=O)C[C@H]2C1. The summed E-state index contributed by atoms with van der Waals surface area (Å²) < 4.78 is 0. The molecule has 0 aliphatic carbocycles. The molecule has 144 valence electrons. The number of likely N-dealkylation sites (tertiary alicyclic amines) is 1. The van der Waals surface area contributed by atoms with Crippen LogP contribution in [0.15, 0.2) is 0 Å². The molecular formula is C19H31N5O2. The maximum absolute atomic E-state index is 11.8. The van der Waals surface area contributed by atoms with E-state index in [1.165, 1.54) is 0 Å². The number of nitrogen functional groups attached to an aromatic ring is 1. The Hall–Kier alpha value is -1.89. The van der Waals surface area contributed by atoms with Gasteiger partial charge in [0.05, 0.1) is 5.60 Å². The van der Waals surface area contributed by atoms with Crippen LogP contribution < -0.4 is 10.6 Å². The van der Waals surface area contributed by atoms with E-state index in [9.17, 15) is 9.90 Å². The van der Waals surface area contributed by atoms with Crippen LogP contribution in [-0.2, 0) is 11.2 Å². The van der Waals surface area contributed by atoms with Gasteiger partial charge < -0.3 is 20.6 Å². The van der Waals surface area contributed by atoms with E-state index in [0.29, 0.717) is 38.4 Å². The average Bonchev–Trinajstić information content (AvgIpc) is 2.59. The Morgan fingerprint density at radius 1 is 1.31 bits per heavy atom. The number of fused-ring (bicyclic) bond motifs is 1. The van der Waals surface area contributed by atoms with Gasteiger partial charge in [-0.3, -0.25) is 4.79 Å². The van der Waals surface area contributed by atoms with Crippen molar-refractivity contribution in [3.05, 3.63) is 11.3 Å². The van der Waals surface area contributed by atoms with Gasteiger partial charge in [-0.05, 0) is 32.6 Å². The van der Waals surface area contributed by atoms with Crippen molar-refractivity contribution in [1.82, 2.24) is 14.9 Å². The number of rotatable bonds is 4. The number of carbonyl (C=O) groups is 1. The minimum Gasteiger partial charge on any atom is -0.389 e. The first-order valence-electron chi connectivity index (χ1n) is 9.70. The van der Waals surface area contributed by atoms with Gasteiger partial charge in [0.1, 0.15) is 5.82 Å². The van der Waals surface area contributed by atoms with Gasteiger partial charge in [0, 0.05) is 50.3 Å². The number of nitrogens with two attached hydrogens (primary N) is 1. The number of amides is 1. The molecule has 0 spiro atoms. The molecule has 1 aromatic heterocycles. The fraction of sp³-hybridized carbons (Fsp3) is 0.737. The molecule has 3 N–H and O–H groups in total. The number of aliphatic hydroxyl groups is 1. The number of hydrogen-bond acceptors (Lipinski definition) is 6. The van der Waals surface area contributed by atoms with Crippen molar-refractivity contribution < 1.29 is 9.90 Å². The summed E-state index contributed by atoms with van der Waals surface area (Å²) in [6.45, 7) is 8.45. The highest BCUT2D eigenvalue weighted by Crippen LogP contribution is 2.38. The van der Waals surface area contributed by atoms with Crippen LogP contribution in [0, 0.1) is 12.8 Å². The molecule has 7 heteroatoms. The van der Waals surface area contributed by atoms with E-state index >= 15 is 0 Å². The topological polar surface area (TPSA) is 95.6 Å². The molecule has 3 rings (SSSR count). The number of nitrogens with zero attached hydrogens (tertiary/aromatic N) is 4. The zero-order chi connectivity index (χ0) is 18.9. The normalized spacial score (nSPS) is 25.9. The Morgan fingerprint density at radius 3 is 2.73 bits per heavy atom. The van der Waals surface area contributed by atoms with Crippen LogP contribution in [-0.4, -0.2) is 57.7 Å². The maximum Gasteiger partial charge on any atom is 0.222 e. The molecule has 2 saturated heterocycles. The maximum atomic E-state index is 11.8. The first-order valence-corrected chi connectivity index (χ1v) is 9.70. The summed E-state index contributed by atoms with van der Waals surface area (Å²) in [5.41, 5.74) is 7.35. The van der Waals surface area contributed by atoms with Crippen LogP contribution in [0.25, 0.3) is 0 Å². The number of aryl methyl sites for hydroxylation is 1. The smallest absolute Gasteiger partial charge is 0.222 e. The second-order valence-corrected chi connectivity index (χ2v) is 7.78. The third-order valence-electron chi connectivity index (χ3n) is 6.01. The Kier molecular flexibility index (Phi) is 5.37. The molecule has 0 saturated carbocycles. The van der Waals surface area contributed by atoms with E-state index < -0.39 is 5.60 Å². The Balaban J connectivity index is 1.86. The fourth-order valence-electron chi connectivity index (χ4n) is 4.29. The molecular weight excluding hydrogens is 330 g/mol. The van der Waals surface area contributed by atoms with E-state index in [1.54, 1.807) is 6.92 Å². The average molecular weight is 361 g/mol. The minimum atomic E-state index is -0.681. The largest absolute Gasteiger partial charge is 0.389 e. The number of hydrogen-bond donors (Lipinski definition) is 2. The summed E-state index contributed by atoms with van der Waals surface area (Å²) in [5.74, 6) is 1.32. The van der Waals surface area contributed by atoms with E-state index in [0.717, 1.165) is 42.9 Å². The lowest BCUT2D eigenvalue weighted by Gasteiger charge is -2.50. The lowest BCUT2D eigenvalue weighted by molar-refractivity contribution is -0.139. The van der Waals surface area contributed by atoms with Crippen molar-refractivity contribution in [2.45, 2.75) is 58.5 Å². The van der Waals surface area contributed by atoms with Crippen molar-refractivity contribution in [3.8, 4) is 0 Å². The molecule has 2 aliphatic heterocycles. The van der Waals surface area contributed by atoms with Gasteiger partial charge in [0.15, 0.2) is 0 Å². The number of anilines is 2. The number of aromatic nitrogens is 2. The molecule has 1 aromatic rings. The molecule has 2 aliphatic rings. The molecule has 2 fully saturated rings. The summed E-state index contributed by atoms with van der Waals surface area (Å²) in [7, 11) is 0. The Bertz CT molecular complexity index is 680. The third-order valence-corrected chi connectivity index (χ3v) is 6.01. The van der Waals surface area contributed by atoms with Crippen molar-refractivity contribution in [2.24, 2.45) is 5.92 Å². The van der Waals surface area contributed by atoms with Crippen molar-refractivity contribution in [2.75, 3.05) is 36.8 Å². The van der Waals surface area contributed by atoms with Crippen LogP contribution in [0.1, 0.15) is 50.8 Å². The lowest BCUT2D eigenvalue weighted by atomic mass is 9.75. The molecule has 0 radical (unpaired) electrons. The second-order valence-electron chi connectivity index (χ2n) is 7.78. The zero-order valence-corrected chi connectivity index (χ0v) is 16.2. The molecule has 26 heavy (non-hydrogen) atoms. The van der Waals surface area contributed by atoms with E-state index in [4.69, 9.17) is 5.73 Å². The summed E-state index contributed by atoms with van der Waals surface area (Å²) in [6, 6.07) is 0. The number of piperidine rings is 2. The minimum absolute atomic E-state index is 0.0319. The lowest BCUT2D eigenvalue weighted by Crippen LogP contribution is -2.60. The van der Waals surface area contributed by atoms with Gasteiger partial charge in [-0.1, -0.05) is 13.3 Å². The molecule has 2 atom stereocenters.